The minimum Gasteiger partial charge on any atom is -0.378 e. The summed E-state index contributed by atoms with van der Waals surface area (Å²) in [5.74, 6) is -0.757. The van der Waals surface area contributed by atoms with Crippen LogP contribution >= 0.6 is 11.6 Å². The van der Waals surface area contributed by atoms with Gasteiger partial charge in [-0.1, -0.05) is 11.6 Å². The van der Waals surface area contributed by atoms with E-state index in [0.717, 1.165) is 18.8 Å². The normalized spacial score (nSPS) is 17.5. The van der Waals surface area contributed by atoms with Crippen molar-refractivity contribution in [2.24, 2.45) is 5.92 Å². The lowest BCUT2D eigenvalue weighted by Gasteiger charge is -2.33. The number of benzene rings is 2. The van der Waals surface area contributed by atoms with E-state index in [4.69, 9.17) is 16.3 Å². The molecule has 0 radical (unpaired) electrons. The molecule has 0 bridgehead atoms. The molecular weight excluding hydrogens is 421 g/mol. The lowest BCUT2D eigenvalue weighted by molar-refractivity contribution is -0.121. The molecule has 2 aliphatic heterocycles. The van der Waals surface area contributed by atoms with E-state index in [-0.39, 0.29) is 23.5 Å². The van der Waals surface area contributed by atoms with Gasteiger partial charge in [0.2, 0.25) is 5.91 Å². The monoisotopic (exact) mass is 445 g/mol. The van der Waals surface area contributed by atoms with Crippen LogP contribution in [0, 0.1) is 11.7 Å². The minimum absolute atomic E-state index is 0.0642. The first-order chi connectivity index (χ1) is 15.0. The Balaban J connectivity index is 1.38. The van der Waals surface area contributed by atoms with Crippen molar-refractivity contribution in [2.75, 3.05) is 49.6 Å². The van der Waals surface area contributed by atoms with Crippen LogP contribution < -0.4 is 10.2 Å². The number of likely N-dealkylation sites (tertiary alicyclic amines) is 1. The van der Waals surface area contributed by atoms with E-state index >= 15 is 0 Å². The van der Waals surface area contributed by atoms with Crippen LogP contribution in [0.5, 0.6) is 0 Å². The topological polar surface area (TPSA) is 61.9 Å². The minimum atomic E-state index is -0.371. The standard InChI is InChI=1S/C23H25ClFN3O3/c24-18-3-6-21(27-11-13-31-14-12-27)20(15-18)26-22(29)16-7-9-28(10-8-16)23(30)17-1-4-19(25)5-2-17/h1-6,15-16H,7-14H2,(H,26,29). The second kappa shape index (κ2) is 9.66. The fraction of sp³-hybridized carbons (Fsp3) is 0.391. The molecule has 2 aromatic rings. The van der Waals surface area contributed by atoms with Crippen molar-refractivity contribution in [2.45, 2.75) is 12.8 Å². The van der Waals surface area contributed by atoms with E-state index in [0.29, 0.717) is 55.4 Å². The number of hydrogen-bond acceptors (Lipinski definition) is 4. The molecule has 31 heavy (non-hydrogen) atoms. The SMILES string of the molecule is O=C(Nc1cc(Cl)ccc1N1CCOCC1)C1CCN(C(=O)c2ccc(F)cc2)CC1. The zero-order chi connectivity index (χ0) is 21.8. The Morgan fingerprint density at radius 3 is 2.35 bits per heavy atom. The second-order valence-electron chi connectivity index (χ2n) is 7.82. The summed E-state index contributed by atoms with van der Waals surface area (Å²) in [7, 11) is 0. The molecule has 2 heterocycles. The zero-order valence-electron chi connectivity index (χ0n) is 17.2. The van der Waals surface area contributed by atoms with Gasteiger partial charge in [-0.2, -0.15) is 0 Å². The summed E-state index contributed by atoms with van der Waals surface area (Å²) < 4.78 is 18.5. The summed E-state index contributed by atoms with van der Waals surface area (Å²) >= 11 is 6.18. The van der Waals surface area contributed by atoms with Gasteiger partial charge in [-0.3, -0.25) is 9.59 Å². The first kappa shape index (κ1) is 21.6. The van der Waals surface area contributed by atoms with Crippen LogP contribution in [0.4, 0.5) is 15.8 Å². The maximum Gasteiger partial charge on any atom is 0.253 e. The van der Waals surface area contributed by atoms with Gasteiger partial charge in [-0.05, 0) is 55.3 Å². The first-order valence-corrected chi connectivity index (χ1v) is 10.9. The van der Waals surface area contributed by atoms with Gasteiger partial charge in [0, 0.05) is 42.7 Å². The highest BCUT2D eigenvalue weighted by molar-refractivity contribution is 6.31. The van der Waals surface area contributed by atoms with E-state index in [1.54, 1.807) is 11.0 Å². The van der Waals surface area contributed by atoms with Crippen LogP contribution in [0.15, 0.2) is 42.5 Å². The van der Waals surface area contributed by atoms with Gasteiger partial charge in [-0.25, -0.2) is 4.39 Å². The number of hydrogen-bond donors (Lipinski definition) is 1. The molecule has 0 saturated carbocycles. The number of piperidine rings is 1. The van der Waals surface area contributed by atoms with Crippen LogP contribution in [-0.4, -0.2) is 56.1 Å². The number of carbonyl (C=O) groups is 2. The Morgan fingerprint density at radius 1 is 1.00 bits per heavy atom. The third-order valence-electron chi connectivity index (χ3n) is 5.81. The number of nitrogens with one attached hydrogen (secondary N) is 1. The predicted octanol–water partition coefficient (Wildman–Crippen LogP) is 3.81. The fourth-order valence-electron chi connectivity index (χ4n) is 4.04. The van der Waals surface area contributed by atoms with Crippen molar-refractivity contribution in [3.05, 3.63) is 58.9 Å². The maximum absolute atomic E-state index is 13.1. The maximum atomic E-state index is 13.1. The Kier molecular flexibility index (Phi) is 6.73. The number of anilines is 2. The van der Waals surface area contributed by atoms with Gasteiger partial charge in [0.1, 0.15) is 5.82 Å². The molecule has 164 valence electrons. The van der Waals surface area contributed by atoms with Crippen LogP contribution in [0.2, 0.25) is 5.02 Å². The highest BCUT2D eigenvalue weighted by atomic mass is 35.5. The van der Waals surface area contributed by atoms with Gasteiger partial charge in [0.25, 0.3) is 5.91 Å². The first-order valence-electron chi connectivity index (χ1n) is 10.5. The Bertz CT molecular complexity index is 940. The van der Waals surface area contributed by atoms with Crippen LogP contribution in [0.1, 0.15) is 23.2 Å². The molecule has 0 atom stereocenters. The summed E-state index contributed by atoms with van der Waals surface area (Å²) in [6, 6.07) is 11.1. The van der Waals surface area contributed by atoms with Crippen LogP contribution in [-0.2, 0) is 9.53 Å². The van der Waals surface area contributed by atoms with Gasteiger partial charge in [0.15, 0.2) is 0 Å². The van der Waals surface area contributed by atoms with Crippen molar-refractivity contribution in [3.63, 3.8) is 0 Å². The number of carbonyl (C=O) groups excluding carboxylic acids is 2. The fourth-order valence-corrected chi connectivity index (χ4v) is 4.22. The summed E-state index contributed by atoms with van der Waals surface area (Å²) in [5, 5.41) is 3.61. The van der Waals surface area contributed by atoms with E-state index in [9.17, 15) is 14.0 Å². The molecule has 2 saturated heterocycles. The zero-order valence-corrected chi connectivity index (χ0v) is 17.9. The summed E-state index contributed by atoms with van der Waals surface area (Å²) in [5.41, 5.74) is 2.09. The van der Waals surface area contributed by atoms with E-state index < -0.39 is 0 Å². The van der Waals surface area contributed by atoms with Crippen LogP contribution in [0.25, 0.3) is 0 Å². The Hall–Kier alpha value is -2.64. The van der Waals surface area contributed by atoms with Crippen molar-refractivity contribution in [3.8, 4) is 0 Å². The molecule has 0 spiro atoms. The highest BCUT2D eigenvalue weighted by Crippen LogP contribution is 2.31. The van der Waals surface area contributed by atoms with E-state index in [1.165, 1.54) is 24.3 Å². The number of morpholine rings is 1. The Labute approximate surface area is 185 Å². The molecule has 4 rings (SSSR count). The summed E-state index contributed by atoms with van der Waals surface area (Å²) in [6.45, 7) is 3.79. The van der Waals surface area contributed by atoms with Gasteiger partial charge in [-0.15, -0.1) is 0 Å². The number of nitrogens with zero attached hydrogens (tertiary/aromatic N) is 2. The number of halogens is 2. The molecule has 1 N–H and O–H groups in total. The number of ether oxygens (including phenoxy) is 1. The molecule has 2 fully saturated rings. The second-order valence-corrected chi connectivity index (χ2v) is 8.26. The number of rotatable bonds is 4. The molecule has 8 heteroatoms. The lowest BCUT2D eigenvalue weighted by Crippen LogP contribution is -2.41. The Morgan fingerprint density at radius 2 is 1.68 bits per heavy atom. The molecular formula is C23H25ClFN3O3. The largest absolute Gasteiger partial charge is 0.378 e. The quantitative estimate of drug-likeness (QED) is 0.777. The summed E-state index contributed by atoms with van der Waals surface area (Å²) in [6.07, 6.45) is 1.15. The van der Waals surface area contributed by atoms with Crippen molar-refractivity contribution < 1.29 is 18.7 Å². The van der Waals surface area contributed by atoms with Crippen molar-refractivity contribution in [1.29, 1.82) is 0 Å². The predicted molar refractivity (Wildman–Crippen MR) is 118 cm³/mol. The van der Waals surface area contributed by atoms with Crippen LogP contribution in [0.3, 0.4) is 0 Å². The van der Waals surface area contributed by atoms with Crippen molar-refractivity contribution >= 4 is 34.8 Å². The molecule has 2 aromatic carbocycles. The smallest absolute Gasteiger partial charge is 0.253 e. The summed E-state index contributed by atoms with van der Waals surface area (Å²) in [4.78, 5) is 29.5. The third kappa shape index (κ3) is 5.17. The lowest BCUT2D eigenvalue weighted by atomic mass is 9.95. The van der Waals surface area contributed by atoms with E-state index in [1.807, 2.05) is 12.1 Å². The molecule has 2 aliphatic rings. The van der Waals surface area contributed by atoms with Gasteiger partial charge >= 0.3 is 0 Å². The van der Waals surface area contributed by atoms with Gasteiger partial charge < -0.3 is 19.9 Å². The van der Waals surface area contributed by atoms with Gasteiger partial charge in [0.05, 0.1) is 24.6 Å². The third-order valence-corrected chi connectivity index (χ3v) is 6.05. The average Bonchev–Trinajstić information content (AvgIpc) is 2.80. The molecule has 2 amide bonds. The average molecular weight is 446 g/mol. The van der Waals surface area contributed by atoms with Crippen molar-refractivity contribution in [1.82, 2.24) is 4.90 Å². The molecule has 0 aliphatic carbocycles. The van der Waals surface area contributed by atoms with E-state index in [2.05, 4.69) is 10.2 Å². The molecule has 0 unspecified atom stereocenters. The molecule has 6 nitrogen and oxygen atoms in total. The highest BCUT2D eigenvalue weighted by Gasteiger charge is 2.28. The molecule has 0 aromatic heterocycles. The number of amides is 2.